The Morgan fingerprint density at radius 2 is 2.05 bits per heavy atom. The van der Waals surface area contributed by atoms with Crippen LogP contribution in [0.5, 0.6) is 0 Å². The quantitative estimate of drug-likeness (QED) is 0.523. The summed E-state index contributed by atoms with van der Waals surface area (Å²) in [6.45, 7) is 1.81. The molecule has 2 aromatic rings. The van der Waals surface area contributed by atoms with Gasteiger partial charge in [-0.05, 0) is 18.7 Å². The molecule has 0 saturated carbocycles. The number of fused-ring (bicyclic) bond motifs is 1. The highest BCUT2D eigenvalue weighted by molar-refractivity contribution is 7.98. The van der Waals surface area contributed by atoms with E-state index in [-0.39, 0.29) is 6.04 Å². The van der Waals surface area contributed by atoms with Crippen LogP contribution < -0.4 is 0 Å². The van der Waals surface area contributed by atoms with Crippen molar-refractivity contribution in [1.82, 2.24) is 14.8 Å². The Labute approximate surface area is 120 Å². The molecule has 1 atom stereocenters. The fourth-order valence-corrected chi connectivity index (χ4v) is 2.56. The topological polar surface area (TPSA) is 75.7 Å². The molecule has 1 aliphatic heterocycles. The van der Waals surface area contributed by atoms with Gasteiger partial charge in [-0.3, -0.25) is 0 Å². The molecule has 7 heteroatoms. The van der Waals surface area contributed by atoms with E-state index >= 15 is 0 Å². The highest BCUT2D eigenvalue weighted by Gasteiger charge is 2.31. The first-order valence-electron chi connectivity index (χ1n) is 6.07. The van der Waals surface area contributed by atoms with Crippen molar-refractivity contribution in [3.8, 4) is 0 Å². The zero-order chi connectivity index (χ0) is 14.1. The van der Waals surface area contributed by atoms with Gasteiger partial charge in [-0.15, -0.1) is 5.10 Å². The van der Waals surface area contributed by atoms with Crippen LogP contribution >= 0.6 is 11.8 Å². The van der Waals surface area contributed by atoms with E-state index in [0.29, 0.717) is 22.5 Å². The Morgan fingerprint density at radius 1 is 1.30 bits per heavy atom. The lowest BCUT2D eigenvalue weighted by molar-refractivity contribution is 0.316. The summed E-state index contributed by atoms with van der Waals surface area (Å²) in [5, 5.41) is 17.8. The first-order chi connectivity index (χ1) is 9.74. The van der Waals surface area contributed by atoms with Crippen LogP contribution in [-0.4, -0.2) is 37.7 Å². The molecule has 20 heavy (non-hydrogen) atoms. The molecule has 0 fully saturated rings. The second-order valence-corrected chi connectivity index (χ2v) is 5.11. The van der Waals surface area contributed by atoms with Gasteiger partial charge in [0.05, 0.1) is 5.71 Å². The van der Waals surface area contributed by atoms with Gasteiger partial charge in [-0.1, -0.05) is 47.2 Å². The smallest absolute Gasteiger partial charge is 0.250 e. The van der Waals surface area contributed by atoms with E-state index < -0.39 is 0 Å². The number of oxime groups is 1. The minimum atomic E-state index is -0.304. The molecular weight excluding hydrogens is 274 g/mol. The molecule has 0 radical (unpaired) electrons. The van der Waals surface area contributed by atoms with Crippen LogP contribution in [0, 0.1) is 0 Å². The number of benzene rings is 1. The van der Waals surface area contributed by atoms with E-state index in [1.807, 2.05) is 43.5 Å². The molecule has 0 amide bonds. The monoisotopic (exact) mass is 287 g/mol. The van der Waals surface area contributed by atoms with Gasteiger partial charge >= 0.3 is 0 Å². The van der Waals surface area contributed by atoms with Crippen LogP contribution in [0.2, 0.25) is 0 Å². The van der Waals surface area contributed by atoms with E-state index in [1.54, 1.807) is 4.68 Å². The van der Waals surface area contributed by atoms with Crippen molar-refractivity contribution in [1.29, 1.82) is 0 Å². The van der Waals surface area contributed by atoms with E-state index in [9.17, 15) is 5.21 Å². The van der Waals surface area contributed by atoms with Crippen molar-refractivity contribution in [2.45, 2.75) is 18.1 Å². The normalized spacial score (nSPS) is 19.8. The largest absolute Gasteiger partial charge is 0.411 e. The Hall–Kier alpha value is -2.15. The third-order valence-corrected chi connectivity index (χ3v) is 3.68. The van der Waals surface area contributed by atoms with Gasteiger partial charge in [-0.2, -0.15) is 4.98 Å². The summed E-state index contributed by atoms with van der Waals surface area (Å²) in [4.78, 5) is 8.70. The molecule has 3 rings (SSSR count). The number of rotatable bonds is 2. The summed E-state index contributed by atoms with van der Waals surface area (Å²) in [6, 6.07) is 9.47. The molecule has 0 aliphatic carbocycles. The Bertz CT molecular complexity index is 692. The summed E-state index contributed by atoms with van der Waals surface area (Å²) < 4.78 is 1.70. The molecule has 0 bridgehead atoms. The minimum absolute atomic E-state index is 0.304. The van der Waals surface area contributed by atoms with Crippen LogP contribution in [0.4, 0.5) is 5.95 Å². The van der Waals surface area contributed by atoms with Crippen molar-refractivity contribution in [3.63, 3.8) is 0 Å². The highest BCUT2D eigenvalue weighted by atomic mass is 32.2. The Morgan fingerprint density at radius 3 is 2.70 bits per heavy atom. The number of aromatic nitrogens is 3. The minimum Gasteiger partial charge on any atom is -0.411 e. The number of hydrogen-bond donors (Lipinski definition) is 1. The highest BCUT2D eigenvalue weighted by Crippen LogP contribution is 2.30. The molecule has 1 aliphatic rings. The van der Waals surface area contributed by atoms with Gasteiger partial charge in [0.1, 0.15) is 11.8 Å². The predicted octanol–water partition coefficient (Wildman–Crippen LogP) is 2.53. The third kappa shape index (κ3) is 2.00. The zero-order valence-electron chi connectivity index (χ0n) is 11.1. The molecule has 6 nitrogen and oxygen atoms in total. The molecule has 1 N–H and O–H groups in total. The van der Waals surface area contributed by atoms with E-state index in [2.05, 4.69) is 20.2 Å². The average Bonchev–Trinajstić information content (AvgIpc) is 2.89. The van der Waals surface area contributed by atoms with E-state index in [4.69, 9.17) is 0 Å². The molecular formula is C13H13N5OS. The summed E-state index contributed by atoms with van der Waals surface area (Å²) in [7, 11) is 0. The summed E-state index contributed by atoms with van der Waals surface area (Å²) in [5.74, 6) is 0.535. The fraction of sp³-hybridized carbons (Fsp3) is 0.231. The summed E-state index contributed by atoms with van der Waals surface area (Å²) >= 11 is 1.45. The van der Waals surface area contributed by atoms with Gasteiger partial charge in [0.25, 0.3) is 0 Å². The SMILES string of the molecule is CSc1nc2n(n1)C(c1ccccc1)/C(=N/O)C(C)=N2. The van der Waals surface area contributed by atoms with Gasteiger partial charge in [-0.25, -0.2) is 9.67 Å². The standard InChI is InChI=1S/C13H13N5OS/c1-8-10(17-19)11(9-6-4-3-5-7-9)18-12(14-8)15-13(16-18)20-2/h3-7,11,19H,1-2H3/b17-10+. The maximum atomic E-state index is 9.32. The van der Waals surface area contributed by atoms with E-state index in [1.165, 1.54) is 11.8 Å². The second kappa shape index (κ2) is 5.09. The molecule has 1 unspecified atom stereocenters. The van der Waals surface area contributed by atoms with Crippen LogP contribution in [0.3, 0.4) is 0 Å². The van der Waals surface area contributed by atoms with Crippen LogP contribution in [0.1, 0.15) is 18.5 Å². The van der Waals surface area contributed by atoms with Gasteiger partial charge < -0.3 is 5.21 Å². The van der Waals surface area contributed by atoms with Crippen molar-refractivity contribution >= 4 is 29.1 Å². The maximum absolute atomic E-state index is 9.32. The molecule has 0 spiro atoms. The van der Waals surface area contributed by atoms with Crippen molar-refractivity contribution in [3.05, 3.63) is 35.9 Å². The average molecular weight is 287 g/mol. The Balaban J connectivity index is 2.20. The number of nitrogens with zero attached hydrogens (tertiary/aromatic N) is 5. The maximum Gasteiger partial charge on any atom is 0.250 e. The lowest BCUT2D eigenvalue weighted by atomic mass is 9.98. The van der Waals surface area contributed by atoms with Crippen molar-refractivity contribution in [2.24, 2.45) is 10.1 Å². The lowest BCUT2D eigenvalue weighted by Crippen LogP contribution is -2.30. The number of aliphatic imine (C=N–C) groups is 1. The molecule has 2 heterocycles. The number of hydrogen-bond acceptors (Lipinski definition) is 6. The molecule has 1 aromatic heterocycles. The van der Waals surface area contributed by atoms with Crippen molar-refractivity contribution in [2.75, 3.05) is 6.26 Å². The molecule has 1 aromatic carbocycles. The van der Waals surface area contributed by atoms with Gasteiger partial charge in [0, 0.05) is 0 Å². The summed E-state index contributed by atoms with van der Waals surface area (Å²) in [6.07, 6.45) is 1.91. The second-order valence-electron chi connectivity index (χ2n) is 4.34. The zero-order valence-corrected chi connectivity index (χ0v) is 11.9. The third-order valence-electron chi connectivity index (χ3n) is 3.14. The van der Waals surface area contributed by atoms with Crippen LogP contribution in [-0.2, 0) is 0 Å². The van der Waals surface area contributed by atoms with Crippen LogP contribution in [0.25, 0.3) is 0 Å². The van der Waals surface area contributed by atoms with Crippen LogP contribution in [0.15, 0.2) is 45.6 Å². The molecule has 0 saturated heterocycles. The van der Waals surface area contributed by atoms with E-state index in [0.717, 1.165) is 5.56 Å². The summed E-state index contributed by atoms with van der Waals surface area (Å²) in [5.41, 5.74) is 2.11. The first kappa shape index (κ1) is 12.9. The Kier molecular flexibility index (Phi) is 3.27. The predicted molar refractivity (Wildman–Crippen MR) is 78.4 cm³/mol. The first-order valence-corrected chi connectivity index (χ1v) is 7.30. The molecule has 102 valence electrons. The van der Waals surface area contributed by atoms with Gasteiger partial charge in [0.2, 0.25) is 11.1 Å². The fourth-order valence-electron chi connectivity index (χ4n) is 2.21. The van der Waals surface area contributed by atoms with Gasteiger partial charge in [0.15, 0.2) is 0 Å². The lowest BCUT2D eigenvalue weighted by Gasteiger charge is -2.23. The number of thioether (sulfide) groups is 1. The van der Waals surface area contributed by atoms with Crippen molar-refractivity contribution < 1.29 is 5.21 Å².